The summed E-state index contributed by atoms with van der Waals surface area (Å²) in [5.41, 5.74) is 2.13. The quantitative estimate of drug-likeness (QED) is 0.824. The maximum Gasteiger partial charge on any atom is 0.273 e. The van der Waals surface area contributed by atoms with Crippen molar-refractivity contribution in [1.82, 2.24) is 24.8 Å². The number of likely N-dealkylation sites (tertiary alicyclic amines) is 1. The number of H-pyrrole nitrogens is 1. The molecule has 7 heteroatoms. The fourth-order valence-electron chi connectivity index (χ4n) is 5.47. The topological polar surface area (TPSA) is 82.2 Å². The minimum atomic E-state index is -0.189. The van der Waals surface area contributed by atoms with E-state index in [1.807, 2.05) is 11.0 Å². The van der Waals surface area contributed by atoms with Crippen LogP contribution in [0.1, 0.15) is 79.1 Å². The van der Waals surface area contributed by atoms with Gasteiger partial charge in [0.2, 0.25) is 0 Å². The standard InChI is InChI=1S/C24H31N5O2/c1-16-7-9-17(10-8-16)28-14-11-19-18(15-28)23(30)27-22(26-19)21-6-4-13-29(21)24(31)20-5-2-3-12-25-20/h2-3,5,12,16-17,21H,4,6-11,13-15H2,1H3,(H,26,27,30)/t16?,17?,21-/m0/s1. The molecule has 0 unspecified atom stereocenters. The number of fused-ring (bicyclic) bond motifs is 1. The molecular weight excluding hydrogens is 390 g/mol. The van der Waals surface area contributed by atoms with Crippen molar-refractivity contribution in [2.45, 2.75) is 70.5 Å². The summed E-state index contributed by atoms with van der Waals surface area (Å²) in [4.78, 5) is 42.4. The van der Waals surface area contributed by atoms with Crippen molar-refractivity contribution in [1.29, 1.82) is 0 Å². The number of nitrogens with one attached hydrogen (secondary N) is 1. The molecule has 3 aliphatic rings. The maximum absolute atomic E-state index is 13.0. The number of hydrogen-bond donors (Lipinski definition) is 1. The summed E-state index contributed by atoms with van der Waals surface area (Å²) < 4.78 is 0. The highest BCUT2D eigenvalue weighted by atomic mass is 16.2. The second-order valence-electron chi connectivity index (χ2n) is 9.38. The van der Waals surface area contributed by atoms with E-state index in [0.717, 1.165) is 43.0 Å². The molecule has 1 saturated heterocycles. The van der Waals surface area contributed by atoms with Gasteiger partial charge in [0, 0.05) is 38.3 Å². The van der Waals surface area contributed by atoms with Gasteiger partial charge in [0.15, 0.2) is 0 Å². The summed E-state index contributed by atoms with van der Waals surface area (Å²) >= 11 is 0. The highest BCUT2D eigenvalue weighted by molar-refractivity contribution is 5.92. The molecule has 4 heterocycles. The summed E-state index contributed by atoms with van der Waals surface area (Å²) in [7, 11) is 0. The van der Waals surface area contributed by atoms with Crippen molar-refractivity contribution in [2.75, 3.05) is 13.1 Å². The number of rotatable bonds is 3. The lowest BCUT2D eigenvalue weighted by molar-refractivity contribution is 0.0723. The van der Waals surface area contributed by atoms with Crippen LogP contribution in [0.5, 0.6) is 0 Å². The van der Waals surface area contributed by atoms with Gasteiger partial charge in [-0.3, -0.25) is 19.5 Å². The molecule has 0 radical (unpaired) electrons. The zero-order valence-electron chi connectivity index (χ0n) is 18.2. The van der Waals surface area contributed by atoms with Crippen LogP contribution in [0, 0.1) is 5.92 Å². The molecule has 31 heavy (non-hydrogen) atoms. The van der Waals surface area contributed by atoms with E-state index in [2.05, 4.69) is 21.8 Å². The van der Waals surface area contributed by atoms with Crippen LogP contribution >= 0.6 is 0 Å². The average molecular weight is 422 g/mol. The van der Waals surface area contributed by atoms with Crippen LogP contribution in [0.3, 0.4) is 0 Å². The molecule has 1 saturated carbocycles. The molecule has 1 N–H and O–H groups in total. The Morgan fingerprint density at radius 1 is 1.13 bits per heavy atom. The molecule has 1 aliphatic carbocycles. The first-order valence-electron chi connectivity index (χ1n) is 11.7. The van der Waals surface area contributed by atoms with Gasteiger partial charge in [-0.25, -0.2) is 4.98 Å². The Kier molecular flexibility index (Phi) is 5.61. The van der Waals surface area contributed by atoms with Crippen LogP contribution in [0.15, 0.2) is 29.2 Å². The van der Waals surface area contributed by atoms with E-state index in [0.29, 0.717) is 30.6 Å². The number of aromatic amines is 1. The molecule has 0 bridgehead atoms. The van der Waals surface area contributed by atoms with E-state index in [1.165, 1.54) is 25.7 Å². The number of nitrogens with zero attached hydrogens (tertiary/aromatic N) is 4. The van der Waals surface area contributed by atoms with Crippen LogP contribution < -0.4 is 5.56 Å². The molecule has 2 aromatic heterocycles. The van der Waals surface area contributed by atoms with Crippen molar-refractivity contribution in [3.05, 3.63) is 57.5 Å². The van der Waals surface area contributed by atoms with Gasteiger partial charge in [0.25, 0.3) is 11.5 Å². The molecule has 2 aliphatic heterocycles. The highest BCUT2D eigenvalue weighted by Crippen LogP contribution is 2.32. The minimum Gasteiger partial charge on any atom is -0.327 e. The van der Waals surface area contributed by atoms with Crippen LogP contribution in [-0.4, -0.2) is 49.8 Å². The molecular formula is C24H31N5O2. The van der Waals surface area contributed by atoms with Crippen LogP contribution in [0.4, 0.5) is 0 Å². The van der Waals surface area contributed by atoms with Crippen molar-refractivity contribution in [2.24, 2.45) is 5.92 Å². The third kappa shape index (κ3) is 4.03. The van der Waals surface area contributed by atoms with Crippen molar-refractivity contribution in [3.63, 3.8) is 0 Å². The second-order valence-corrected chi connectivity index (χ2v) is 9.38. The summed E-state index contributed by atoms with van der Waals surface area (Å²) in [5.74, 6) is 1.36. The Bertz CT molecular complexity index is 997. The average Bonchev–Trinajstić information content (AvgIpc) is 3.29. The zero-order valence-corrected chi connectivity index (χ0v) is 18.2. The van der Waals surface area contributed by atoms with E-state index in [9.17, 15) is 9.59 Å². The fraction of sp³-hybridized carbons (Fsp3) is 0.583. The van der Waals surface area contributed by atoms with Gasteiger partial charge in [0.05, 0.1) is 17.3 Å². The normalized spacial score (nSPS) is 26.6. The van der Waals surface area contributed by atoms with Gasteiger partial charge in [0.1, 0.15) is 11.5 Å². The number of pyridine rings is 1. The molecule has 164 valence electrons. The number of amides is 1. The molecule has 5 rings (SSSR count). The van der Waals surface area contributed by atoms with Gasteiger partial charge in [-0.2, -0.15) is 0 Å². The number of hydrogen-bond acceptors (Lipinski definition) is 5. The number of aromatic nitrogens is 3. The largest absolute Gasteiger partial charge is 0.327 e. The Labute approximate surface area is 182 Å². The Balaban J connectivity index is 1.36. The van der Waals surface area contributed by atoms with Crippen LogP contribution in [0.2, 0.25) is 0 Å². The minimum absolute atomic E-state index is 0.0361. The summed E-state index contributed by atoms with van der Waals surface area (Å²) in [6.07, 6.45) is 9.17. The number of carbonyl (C=O) groups excluding carboxylic acids is 1. The van der Waals surface area contributed by atoms with Gasteiger partial charge >= 0.3 is 0 Å². The monoisotopic (exact) mass is 421 g/mol. The third-order valence-corrected chi connectivity index (χ3v) is 7.33. The van der Waals surface area contributed by atoms with Gasteiger partial charge in [-0.1, -0.05) is 13.0 Å². The smallest absolute Gasteiger partial charge is 0.273 e. The third-order valence-electron chi connectivity index (χ3n) is 7.33. The first-order valence-corrected chi connectivity index (χ1v) is 11.7. The van der Waals surface area contributed by atoms with E-state index in [1.54, 1.807) is 18.3 Å². The molecule has 0 aromatic carbocycles. The maximum atomic E-state index is 13.0. The molecule has 1 atom stereocenters. The van der Waals surface area contributed by atoms with Gasteiger partial charge in [-0.05, 0) is 56.6 Å². The second kappa shape index (κ2) is 8.54. The molecule has 2 fully saturated rings. The Morgan fingerprint density at radius 3 is 2.74 bits per heavy atom. The zero-order chi connectivity index (χ0) is 21.4. The summed E-state index contributed by atoms with van der Waals surface area (Å²) in [6.45, 7) is 4.65. The lowest BCUT2D eigenvalue weighted by Crippen LogP contribution is -2.44. The molecule has 1 amide bonds. The number of carbonyl (C=O) groups is 1. The van der Waals surface area contributed by atoms with Crippen molar-refractivity contribution < 1.29 is 4.79 Å². The van der Waals surface area contributed by atoms with E-state index < -0.39 is 0 Å². The SMILES string of the molecule is CC1CCC(N2CCc3nc([C@@H]4CCCN4C(=O)c4ccccn4)[nH]c(=O)c3C2)CC1. The first kappa shape index (κ1) is 20.4. The lowest BCUT2D eigenvalue weighted by Gasteiger charge is -2.38. The van der Waals surface area contributed by atoms with E-state index in [-0.39, 0.29) is 17.5 Å². The predicted octanol–water partition coefficient (Wildman–Crippen LogP) is 3.08. The van der Waals surface area contributed by atoms with Gasteiger partial charge < -0.3 is 9.88 Å². The molecule has 2 aromatic rings. The van der Waals surface area contributed by atoms with E-state index >= 15 is 0 Å². The fourth-order valence-corrected chi connectivity index (χ4v) is 5.47. The Hall–Kier alpha value is -2.54. The molecule has 7 nitrogen and oxygen atoms in total. The summed E-state index contributed by atoms with van der Waals surface area (Å²) in [5, 5.41) is 0. The predicted molar refractivity (Wildman–Crippen MR) is 118 cm³/mol. The van der Waals surface area contributed by atoms with E-state index in [4.69, 9.17) is 4.98 Å². The van der Waals surface area contributed by atoms with Crippen molar-refractivity contribution >= 4 is 5.91 Å². The summed E-state index contributed by atoms with van der Waals surface area (Å²) in [6, 6.07) is 5.76. The van der Waals surface area contributed by atoms with Gasteiger partial charge in [-0.15, -0.1) is 0 Å². The van der Waals surface area contributed by atoms with Crippen LogP contribution in [-0.2, 0) is 13.0 Å². The lowest BCUT2D eigenvalue weighted by atomic mass is 9.86. The molecule has 0 spiro atoms. The Morgan fingerprint density at radius 2 is 1.97 bits per heavy atom. The first-order chi connectivity index (χ1) is 15.1. The van der Waals surface area contributed by atoms with Crippen LogP contribution in [0.25, 0.3) is 0 Å². The van der Waals surface area contributed by atoms with Crippen molar-refractivity contribution in [3.8, 4) is 0 Å². The highest BCUT2D eigenvalue weighted by Gasteiger charge is 2.35.